The molecule has 1 fully saturated rings. The van der Waals surface area contributed by atoms with Gasteiger partial charge in [0, 0.05) is 0 Å². The van der Waals surface area contributed by atoms with Crippen LogP contribution < -0.4 is 0 Å². The lowest BCUT2D eigenvalue weighted by atomic mass is 10.0. The fourth-order valence-corrected chi connectivity index (χ4v) is 1.96. The van der Waals surface area contributed by atoms with Gasteiger partial charge in [0.15, 0.2) is 0 Å². The molecule has 0 unspecified atom stereocenters. The molecule has 20 heavy (non-hydrogen) atoms. The van der Waals surface area contributed by atoms with Crippen LogP contribution in [0.1, 0.15) is 33.6 Å². The normalized spacial score (nSPS) is 23.1. The number of amides is 1. The lowest BCUT2D eigenvalue weighted by molar-refractivity contribution is -0.151. The predicted molar refractivity (Wildman–Crippen MR) is 73.1 cm³/mol. The lowest BCUT2D eigenvalue weighted by Crippen LogP contribution is -2.53. The third kappa shape index (κ3) is 4.85. The minimum absolute atomic E-state index is 0.0722. The standard InChI is InChI=1S/C14H23NO5/c1-5-8-19-12(17)11-7-6-10(16)9-15(11)13(18)20-14(2,3)4/h5,10-11,16H,1,6-9H2,2-4H3/t10-,11+/m1/s1. The number of β-amino-alcohol motifs (C(OH)–C–C–N with tert-alkyl or cyclic N) is 1. The summed E-state index contributed by atoms with van der Waals surface area (Å²) in [6, 6.07) is -0.715. The summed E-state index contributed by atoms with van der Waals surface area (Å²) in [5.74, 6) is -0.498. The van der Waals surface area contributed by atoms with Crippen molar-refractivity contribution in [3.63, 3.8) is 0 Å². The van der Waals surface area contributed by atoms with Gasteiger partial charge in [0.05, 0.1) is 12.6 Å². The number of rotatable bonds is 3. The fourth-order valence-electron chi connectivity index (χ4n) is 1.96. The molecular weight excluding hydrogens is 262 g/mol. The molecular formula is C14H23NO5. The number of esters is 1. The first-order valence-electron chi connectivity index (χ1n) is 6.70. The molecule has 1 N–H and O–H groups in total. The molecule has 0 aromatic carbocycles. The number of piperidine rings is 1. The van der Waals surface area contributed by atoms with E-state index in [1.807, 2.05) is 0 Å². The summed E-state index contributed by atoms with van der Waals surface area (Å²) in [6.45, 7) is 8.88. The summed E-state index contributed by atoms with van der Waals surface area (Å²) in [5, 5.41) is 9.68. The third-order valence-electron chi connectivity index (χ3n) is 2.80. The Morgan fingerprint density at radius 1 is 1.40 bits per heavy atom. The van der Waals surface area contributed by atoms with Crippen molar-refractivity contribution in [3.8, 4) is 0 Å². The van der Waals surface area contributed by atoms with Gasteiger partial charge in [-0.25, -0.2) is 9.59 Å². The van der Waals surface area contributed by atoms with Crippen LogP contribution in [-0.2, 0) is 14.3 Å². The van der Waals surface area contributed by atoms with Gasteiger partial charge in [0.25, 0.3) is 0 Å². The van der Waals surface area contributed by atoms with Crippen molar-refractivity contribution in [2.45, 2.75) is 51.4 Å². The number of hydrogen-bond donors (Lipinski definition) is 1. The first kappa shape index (κ1) is 16.5. The number of aliphatic hydroxyl groups excluding tert-OH is 1. The number of hydrogen-bond acceptors (Lipinski definition) is 5. The minimum atomic E-state index is -0.715. The second-order valence-electron chi connectivity index (χ2n) is 5.80. The van der Waals surface area contributed by atoms with Crippen molar-refractivity contribution in [1.29, 1.82) is 0 Å². The Labute approximate surface area is 119 Å². The van der Waals surface area contributed by atoms with Gasteiger partial charge in [-0.2, -0.15) is 0 Å². The maximum Gasteiger partial charge on any atom is 0.411 e. The van der Waals surface area contributed by atoms with Crippen LogP contribution in [0.5, 0.6) is 0 Å². The first-order valence-corrected chi connectivity index (χ1v) is 6.70. The zero-order chi connectivity index (χ0) is 15.3. The second-order valence-corrected chi connectivity index (χ2v) is 5.80. The monoisotopic (exact) mass is 285 g/mol. The van der Waals surface area contributed by atoms with Crippen LogP contribution in [-0.4, -0.2) is 53.0 Å². The van der Waals surface area contributed by atoms with Crippen molar-refractivity contribution in [1.82, 2.24) is 4.90 Å². The van der Waals surface area contributed by atoms with Gasteiger partial charge >= 0.3 is 12.1 Å². The molecule has 0 aromatic rings. The van der Waals surface area contributed by atoms with Crippen LogP contribution in [0.2, 0.25) is 0 Å². The highest BCUT2D eigenvalue weighted by Crippen LogP contribution is 2.21. The van der Waals surface area contributed by atoms with Gasteiger partial charge < -0.3 is 14.6 Å². The predicted octanol–water partition coefficient (Wildman–Crippen LogP) is 1.48. The molecule has 0 radical (unpaired) electrons. The van der Waals surface area contributed by atoms with E-state index in [4.69, 9.17) is 9.47 Å². The molecule has 6 heteroatoms. The summed E-state index contributed by atoms with van der Waals surface area (Å²) in [6.07, 6.45) is 1.01. The number of carbonyl (C=O) groups is 2. The molecule has 6 nitrogen and oxygen atoms in total. The van der Waals surface area contributed by atoms with Gasteiger partial charge in [0.1, 0.15) is 18.2 Å². The van der Waals surface area contributed by atoms with E-state index in [2.05, 4.69) is 6.58 Å². The molecule has 0 bridgehead atoms. The second kappa shape index (κ2) is 6.74. The van der Waals surface area contributed by atoms with Crippen LogP contribution in [0.15, 0.2) is 12.7 Å². The largest absolute Gasteiger partial charge is 0.460 e. The van der Waals surface area contributed by atoms with E-state index in [-0.39, 0.29) is 13.2 Å². The van der Waals surface area contributed by atoms with Crippen LogP contribution in [0, 0.1) is 0 Å². The molecule has 0 aromatic heterocycles. The Hall–Kier alpha value is -1.56. The van der Waals surface area contributed by atoms with E-state index in [1.54, 1.807) is 20.8 Å². The van der Waals surface area contributed by atoms with Gasteiger partial charge in [-0.3, -0.25) is 4.90 Å². The molecule has 1 aliphatic heterocycles. The zero-order valence-corrected chi connectivity index (χ0v) is 12.3. The average Bonchev–Trinajstić information content (AvgIpc) is 2.33. The number of aliphatic hydroxyl groups is 1. The van der Waals surface area contributed by atoms with Crippen LogP contribution in [0.4, 0.5) is 4.79 Å². The Morgan fingerprint density at radius 3 is 2.60 bits per heavy atom. The first-order chi connectivity index (χ1) is 9.24. The Kier molecular flexibility index (Phi) is 5.56. The van der Waals surface area contributed by atoms with Crippen molar-refractivity contribution < 1.29 is 24.2 Å². The topological polar surface area (TPSA) is 76.1 Å². The molecule has 0 aliphatic carbocycles. The van der Waals surface area contributed by atoms with E-state index < -0.39 is 29.8 Å². The summed E-state index contributed by atoms with van der Waals surface area (Å²) in [7, 11) is 0. The van der Waals surface area contributed by atoms with Crippen molar-refractivity contribution >= 4 is 12.1 Å². The third-order valence-corrected chi connectivity index (χ3v) is 2.80. The summed E-state index contributed by atoms with van der Waals surface area (Å²) < 4.78 is 10.2. The average molecular weight is 285 g/mol. The molecule has 2 atom stereocenters. The number of likely N-dealkylation sites (tertiary alicyclic amines) is 1. The summed E-state index contributed by atoms with van der Waals surface area (Å²) in [4.78, 5) is 25.3. The molecule has 1 amide bonds. The van der Waals surface area contributed by atoms with E-state index in [1.165, 1.54) is 11.0 Å². The van der Waals surface area contributed by atoms with Crippen molar-refractivity contribution in [3.05, 3.63) is 12.7 Å². The van der Waals surface area contributed by atoms with Gasteiger partial charge in [-0.15, -0.1) is 0 Å². The van der Waals surface area contributed by atoms with Gasteiger partial charge in [0.2, 0.25) is 0 Å². The SMILES string of the molecule is C=CCOC(=O)[C@@H]1CC[C@@H](O)CN1C(=O)OC(C)(C)C. The quantitative estimate of drug-likeness (QED) is 0.628. The molecule has 1 rings (SSSR count). The van der Waals surface area contributed by atoms with E-state index >= 15 is 0 Å². The summed E-state index contributed by atoms with van der Waals surface area (Å²) >= 11 is 0. The van der Waals surface area contributed by atoms with E-state index in [0.29, 0.717) is 12.8 Å². The molecule has 0 spiro atoms. The van der Waals surface area contributed by atoms with Crippen LogP contribution in [0.25, 0.3) is 0 Å². The molecule has 1 heterocycles. The zero-order valence-electron chi connectivity index (χ0n) is 12.3. The fraction of sp³-hybridized carbons (Fsp3) is 0.714. The smallest absolute Gasteiger partial charge is 0.411 e. The van der Waals surface area contributed by atoms with Crippen LogP contribution >= 0.6 is 0 Å². The molecule has 1 aliphatic rings. The highest BCUT2D eigenvalue weighted by atomic mass is 16.6. The van der Waals surface area contributed by atoms with Gasteiger partial charge in [-0.05, 0) is 33.6 Å². The number of ether oxygens (including phenoxy) is 2. The number of carbonyl (C=O) groups excluding carboxylic acids is 2. The summed E-state index contributed by atoms with van der Waals surface area (Å²) in [5.41, 5.74) is -0.658. The lowest BCUT2D eigenvalue weighted by Gasteiger charge is -2.37. The molecule has 114 valence electrons. The van der Waals surface area contributed by atoms with Gasteiger partial charge in [-0.1, -0.05) is 12.7 Å². The Bertz CT molecular complexity index is 374. The molecule has 0 saturated carbocycles. The highest BCUT2D eigenvalue weighted by molar-refractivity contribution is 5.82. The van der Waals surface area contributed by atoms with Crippen LogP contribution in [0.3, 0.4) is 0 Å². The Balaban J connectivity index is 2.77. The highest BCUT2D eigenvalue weighted by Gasteiger charge is 2.38. The van der Waals surface area contributed by atoms with Crippen molar-refractivity contribution in [2.24, 2.45) is 0 Å². The molecule has 1 saturated heterocycles. The maximum atomic E-state index is 12.1. The van der Waals surface area contributed by atoms with E-state index in [9.17, 15) is 14.7 Å². The minimum Gasteiger partial charge on any atom is -0.460 e. The number of nitrogens with zero attached hydrogens (tertiary/aromatic N) is 1. The van der Waals surface area contributed by atoms with Crippen molar-refractivity contribution in [2.75, 3.05) is 13.2 Å². The Morgan fingerprint density at radius 2 is 2.05 bits per heavy atom. The van der Waals surface area contributed by atoms with E-state index in [0.717, 1.165) is 0 Å². The maximum absolute atomic E-state index is 12.1.